The zero-order valence-corrected chi connectivity index (χ0v) is 22.1. The van der Waals surface area contributed by atoms with E-state index in [1.807, 2.05) is 59.5 Å². The number of amides is 1. The van der Waals surface area contributed by atoms with Gasteiger partial charge in [-0.25, -0.2) is 4.98 Å². The van der Waals surface area contributed by atoms with Crippen molar-refractivity contribution in [1.29, 1.82) is 0 Å². The predicted molar refractivity (Wildman–Crippen MR) is 146 cm³/mol. The van der Waals surface area contributed by atoms with Crippen LogP contribution in [0.15, 0.2) is 70.5 Å². The van der Waals surface area contributed by atoms with Gasteiger partial charge in [-0.1, -0.05) is 65.8 Å². The molecule has 1 N–H and O–H groups in total. The van der Waals surface area contributed by atoms with Gasteiger partial charge < -0.3 is 9.88 Å². The molecule has 0 bridgehead atoms. The molecule has 10 heteroatoms. The van der Waals surface area contributed by atoms with Crippen LogP contribution in [0.2, 0.25) is 5.02 Å². The molecule has 2 aromatic carbocycles. The Morgan fingerprint density at radius 3 is 2.57 bits per heavy atom. The minimum Gasteiger partial charge on any atom is -0.305 e. The number of benzene rings is 2. The van der Waals surface area contributed by atoms with Gasteiger partial charge in [0.05, 0.1) is 11.4 Å². The Labute approximate surface area is 220 Å². The molecule has 1 amide bonds. The molecule has 3 heterocycles. The number of aryl methyl sites for hydroxylation is 1. The maximum atomic E-state index is 12.6. The number of halogens is 1. The summed E-state index contributed by atoms with van der Waals surface area (Å²) < 4.78 is 1.94. The summed E-state index contributed by atoms with van der Waals surface area (Å²) in [6, 6.07) is 17.7. The van der Waals surface area contributed by atoms with Crippen LogP contribution in [0.5, 0.6) is 0 Å². The van der Waals surface area contributed by atoms with Crippen molar-refractivity contribution in [3.63, 3.8) is 0 Å². The van der Waals surface area contributed by atoms with E-state index in [2.05, 4.69) is 44.9 Å². The van der Waals surface area contributed by atoms with Crippen molar-refractivity contribution in [2.75, 3.05) is 11.1 Å². The summed E-state index contributed by atoms with van der Waals surface area (Å²) in [7, 11) is 1.93. The first kappa shape index (κ1) is 23.7. The van der Waals surface area contributed by atoms with Gasteiger partial charge >= 0.3 is 0 Å². The third kappa shape index (κ3) is 5.18. The number of thiazole rings is 1. The highest BCUT2D eigenvalue weighted by Crippen LogP contribution is 2.38. The molecule has 6 nitrogen and oxygen atoms in total. The lowest BCUT2D eigenvalue weighted by molar-refractivity contribution is -0.113. The van der Waals surface area contributed by atoms with Crippen LogP contribution in [0.1, 0.15) is 4.88 Å². The fraction of sp³-hybridized carbons (Fsp3) is 0.120. The number of aromatic nitrogens is 4. The van der Waals surface area contributed by atoms with E-state index in [1.165, 1.54) is 33.5 Å². The normalized spacial score (nSPS) is 11.1. The Kier molecular flexibility index (Phi) is 7.01. The maximum Gasteiger partial charge on any atom is 0.236 e. The van der Waals surface area contributed by atoms with Gasteiger partial charge in [0.25, 0.3) is 0 Å². The second kappa shape index (κ2) is 10.3. The Morgan fingerprint density at radius 1 is 1.03 bits per heavy atom. The van der Waals surface area contributed by atoms with Gasteiger partial charge in [-0.2, -0.15) is 0 Å². The molecule has 0 atom stereocenters. The lowest BCUT2D eigenvalue weighted by Gasteiger charge is -2.07. The van der Waals surface area contributed by atoms with Crippen molar-refractivity contribution in [2.24, 2.45) is 7.05 Å². The van der Waals surface area contributed by atoms with Gasteiger partial charge in [-0.3, -0.25) is 4.79 Å². The molecule has 0 saturated carbocycles. The van der Waals surface area contributed by atoms with Crippen LogP contribution < -0.4 is 5.32 Å². The Balaban J connectivity index is 1.26. The average Bonchev–Trinajstić information content (AvgIpc) is 3.57. The van der Waals surface area contributed by atoms with Crippen LogP contribution in [0.25, 0.3) is 33.8 Å². The SMILES string of the molecule is Cc1scc(-c2nnc(SCC(=O)Nc3nc(-c4ccc(Cl)cc4)cs3)n2C)c1-c1ccccc1. The number of hydrogen-bond acceptors (Lipinski definition) is 7. The van der Waals surface area contributed by atoms with E-state index in [0.29, 0.717) is 15.3 Å². The smallest absolute Gasteiger partial charge is 0.236 e. The van der Waals surface area contributed by atoms with E-state index in [0.717, 1.165) is 28.2 Å². The van der Waals surface area contributed by atoms with Crippen LogP contribution in [-0.4, -0.2) is 31.4 Å². The topological polar surface area (TPSA) is 72.7 Å². The summed E-state index contributed by atoms with van der Waals surface area (Å²) in [6.07, 6.45) is 0. The van der Waals surface area contributed by atoms with E-state index in [1.54, 1.807) is 11.3 Å². The molecule has 35 heavy (non-hydrogen) atoms. The van der Waals surface area contributed by atoms with Crippen molar-refractivity contribution in [2.45, 2.75) is 12.1 Å². The first-order chi connectivity index (χ1) is 17.0. The summed E-state index contributed by atoms with van der Waals surface area (Å²) in [5.41, 5.74) is 5.11. The van der Waals surface area contributed by atoms with Crippen LogP contribution >= 0.6 is 46.0 Å². The van der Waals surface area contributed by atoms with Crippen molar-refractivity contribution in [3.05, 3.63) is 75.3 Å². The second-order valence-electron chi connectivity index (χ2n) is 7.69. The minimum absolute atomic E-state index is 0.145. The highest BCUT2D eigenvalue weighted by atomic mass is 35.5. The molecule has 176 valence electrons. The number of thiophene rings is 1. The highest BCUT2D eigenvalue weighted by molar-refractivity contribution is 7.99. The van der Waals surface area contributed by atoms with Crippen molar-refractivity contribution < 1.29 is 4.79 Å². The van der Waals surface area contributed by atoms with Crippen molar-refractivity contribution in [3.8, 4) is 33.8 Å². The largest absolute Gasteiger partial charge is 0.305 e. The molecule has 0 aliphatic carbocycles. The predicted octanol–water partition coefficient (Wildman–Crippen LogP) is 7.03. The van der Waals surface area contributed by atoms with Gasteiger partial charge in [-0.15, -0.1) is 32.9 Å². The number of nitrogens with one attached hydrogen (secondary N) is 1. The molecule has 0 saturated heterocycles. The standard InChI is InChI=1S/C25H20ClN5OS3/c1-15-22(17-6-4-3-5-7-17)19(12-33-15)23-29-30-25(31(23)2)35-14-21(32)28-24-27-20(13-34-24)16-8-10-18(26)11-9-16/h3-13H,14H2,1-2H3,(H,27,28,32). The quantitative estimate of drug-likeness (QED) is 0.226. The van der Waals surface area contributed by atoms with Crippen molar-refractivity contribution in [1.82, 2.24) is 19.7 Å². The number of carbonyl (C=O) groups is 1. The molecule has 0 fully saturated rings. The van der Waals surface area contributed by atoms with Crippen LogP contribution in [0.3, 0.4) is 0 Å². The summed E-state index contributed by atoms with van der Waals surface area (Å²) >= 11 is 10.4. The molecule has 0 spiro atoms. The fourth-order valence-electron chi connectivity index (χ4n) is 3.63. The number of anilines is 1. The molecule has 3 aromatic heterocycles. The Morgan fingerprint density at radius 2 is 1.80 bits per heavy atom. The van der Waals surface area contributed by atoms with Gasteiger partial charge in [0, 0.05) is 44.4 Å². The molecule has 5 rings (SSSR count). The number of carbonyl (C=O) groups excluding carboxylic acids is 1. The van der Waals surface area contributed by atoms with E-state index in [4.69, 9.17) is 11.6 Å². The lowest BCUT2D eigenvalue weighted by atomic mass is 10.0. The van der Waals surface area contributed by atoms with Crippen molar-refractivity contribution >= 4 is 57.1 Å². The third-order valence-electron chi connectivity index (χ3n) is 5.34. The lowest BCUT2D eigenvalue weighted by Crippen LogP contribution is -2.14. The number of rotatable bonds is 7. The van der Waals surface area contributed by atoms with Gasteiger partial charge in [-0.05, 0) is 24.6 Å². The molecule has 5 aromatic rings. The summed E-state index contributed by atoms with van der Waals surface area (Å²) in [5, 5.41) is 17.6. The maximum absolute atomic E-state index is 12.6. The molecule has 0 radical (unpaired) electrons. The third-order valence-corrected chi connectivity index (χ3v) is 8.28. The van der Waals surface area contributed by atoms with E-state index in [9.17, 15) is 4.79 Å². The zero-order valence-electron chi connectivity index (χ0n) is 18.9. The highest BCUT2D eigenvalue weighted by Gasteiger charge is 2.19. The molecular formula is C25H20ClN5OS3. The first-order valence-electron chi connectivity index (χ1n) is 10.7. The van der Waals surface area contributed by atoms with Gasteiger partial charge in [0.2, 0.25) is 5.91 Å². The molecule has 0 aliphatic heterocycles. The van der Waals surface area contributed by atoms with E-state index in [-0.39, 0.29) is 11.7 Å². The second-order valence-corrected chi connectivity index (χ2v) is 11.0. The minimum atomic E-state index is -0.145. The van der Waals surface area contributed by atoms with Gasteiger partial charge in [0.1, 0.15) is 0 Å². The first-order valence-corrected chi connectivity index (χ1v) is 13.8. The summed E-state index contributed by atoms with van der Waals surface area (Å²) in [6.45, 7) is 2.11. The monoisotopic (exact) mass is 537 g/mol. The number of nitrogens with zero attached hydrogens (tertiary/aromatic N) is 4. The molecular weight excluding hydrogens is 518 g/mol. The van der Waals surface area contributed by atoms with Crippen LogP contribution in [0.4, 0.5) is 5.13 Å². The summed E-state index contributed by atoms with van der Waals surface area (Å²) in [5.74, 6) is 0.840. The Bertz CT molecular complexity index is 1470. The average molecular weight is 538 g/mol. The molecule has 0 unspecified atom stereocenters. The fourth-order valence-corrected chi connectivity index (χ4v) is 6.06. The van der Waals surface area contributed by atoms with Crippen LogP contribution in [0, 0.1) is 6.92 Å². The number of thioether (sulfide) groups is 1. The van der Waals surface area contributed by atoms with Gasteiger partial charge in [0.15, 0.2) is 16.1 Å². The Hall–Kier alpha value is -2.98. The number of hydrogen-bond donors (Lipinski definition) is 1. The molecule has 0 aliphatic rings. The van der Waals surface area contributed by atoms with Crippen LogP contribution in [-0.2, 0) is 11.8 Å². The van der Waals surface area contributed by atoms with E-state index >= 15 is 0 Å². The summed E-state index contributed by atoms with van der Waals surface area (Å²) in [4.78, 5) is 18.3. The zero-order chi connectivity index (χ0) is 24.4. The van der Waals surface area contributed by atoms with E-state index < -0.39 is 0 Å².